The minimum atomic E-state index is 0.239. The molecule has 0 aliphatic heterocycles. The van der Waals surface area contributed by atoms with Gasteiger partial charge in [0.2, 0.25) is 0 Å². The number of ether oxygens (including phenoxy) is 1. The quantitative estimate of drug-likeness (QED) is 0.704. The lowest BCUT2D eigenvalue weighted by atomic mass is 10.1. The molecule has 0 aliphatic rings. The molecule has 0 saturated carbocycles. The summed E-state index contributed by atoms with van der Waals surface area (Å²) in [7, 11) is 0. The van der Waals surface area contributed by atoms with Crippen LogP contribution in [0.25, 0.3) is 0 Å². The third-order valence-corrected chi connectivity index (χ3v) is 3.93. The van der Waals surface area contributed by atoms with Crippen LogP contribution < -0.4 is 5.32 Å². The predicted octanol–water partition coefficient (Wildman–Crippen LogP) is 3.57. The van der Waals surface area contributed by atoms with Crippen molar-refractivity contribution in [3.63, 3.8) is 0 Å². The van der Waals surface area contributed by atoms with E-state index >= 15 is 0 Å². The van der Waals surface area contributed by atoms with Crippen molar-refractivity contribution in [3.05, 3.63) is 16.1 Å². The van der Waals surface area contributed by atoms with E-state index in [1.165, 1.54) is 17.7 Å². The Morgan fingerprint density at radius 2 is 2.00 bits per heavy atom. The summed E-state index contributed by atoms with van der Waals surface area (Å²) in [6, 6.07) is 0. The van der Waals surface area contributed by atoms with Gasteiger partial charge in [-0.05, 0) is 53.5 Å². The maximum Gasteiger partial charge on any atom is 0.0797 e. The first kappa shape index (κ1) is 16.6. The largest absolute Gasteiger partial charge is 0.381 e. The van der Waals surface area contributed by atoms with E-state index in [-0.39, 0.29) is 5.54 Å². The minimum Gasteiger partial charge on any atom is -0.381 e. The number of aryl methyl sites for hydroxylation is 1. The van der Waals surface area contributed by atoms with Crippen molar-refractivity contribution >= 4 is 11.3 Å². The zero-order valence-electron chi connectivity index (χ0n) is 12.8. The van der Waals surface area contributed by atoms with Crippen molar-refractivity contribution in [2.45, 2.75) is 58.9 Å². The maximum atomic E-state index is 5.67. The Labute approximate surface area is 121 Å². The van der Waals surface area contributed by atoms with Crippen LogP contribution in [0.4, 0.5) is 0 Å². The summed E-state index contributed by atoms with van der Waals surface area (Å²) in [6.45, 7) is 11.5. The summed E-state index contributed by atoms with van der Waals surface area (Å²) < 4.78 is 5.67. The fraction of sp³-hybridized carbons (Fsp3) is 0.800. The Morgan fingerprint density at radius 3 is 2.63 bits per heavy atom. The second-order valence-corrected chi connectivity index (χ2v) is 6.90. The van der Waals surface area contributed by atoms with E-state index in [1.807, 2.05) is 5.51 Å². The van der Waals surface area contributed by atoms with Crippen LogP contribution in [0.15, 0.2) is 5.51 Å². The van der Waals surface area contributed by atoms with Gasteiger partial charge in [-0.1, -0.05) is 0 Å². The summed E-state index contributed by atoms with van der Waals surface area (Å²) in [5.74, 6) is 0. The van der Waals surface area contributed by atoms with E-state index in [2.05, 4.69) is 38.0 Å². The molecule has 0 aromatic carbocycles. The second kappa shape index (κ2) is 8.67. The topological polar surface area (TPSA) is 34.1 Å². The van der Waals surface area contributed by atoms with E-state index in [0.29, 0.717) is 0 Å². The van der Waals surface area contributed by atoms with Crippen LogP contribution in [0, 0.1) is 6.92 Å². The van der Waals surface area contributed by atoms with Gasteiger partial charge in [0.15, 0.2) is 0 Å². The monoisotopic (exact) mass is 284 g/mol. The Bertz CT molecular complexity index is 344. The molecule has 19 heavy (non-hydrogen) atoms. The minimum absolute atomic E-state index is 0.239. The lowest BCUT2D eigenvalue weighted by molar-refractivity contribution is 0.133. The van der Waals surface area contributed by atoms with Gasteiger partial charge in [0.25, 0.3) is 0 Å². The highest BCUT2D eigenvalue weighted by Gasteiger charge is 2.06. The normalized spacial score (nSPS) is 12.0. The van der Waals surface area contributed by atoms with Crippen LogP contribution in [0.1, 0.15) is 50.6 Å². The van der Waals surface area contributed by atoms with Crippen LogP contribution >= 0.6 is 11.3 Å². The van der Waals surface area contributed by atoms with Gasteiger partial charge in [0.05, 0.1) is 17.8 Å². The van der Waals surface area contributed by atoms with Gasteiger partial charge in [-0.2, -0.15) is 0 Å². The molecule has 0 unspecified atom stereocenters. The van der Waals surface area contributed by atoms with E-state index < -0.39 is 0 Å². The Hall–Kier alpha value is -0.450. The molecule has 0 atom stereocenters. The molecule has 110 valence electrons. The maximum absolute atomic E-state index is 5.67. The molecule has 0 fully saturated rings. The summed E-state index contributed by atoms with van der Waals surface area (Å²) >= 11 is 1.73. The standard InChI is InChI=1S/C15H28N2OS/c1-13-14(19-12-16-13)8-11-18-10-7-5-6-9-17-15(2,3)4/h12,17H,5-11H2,1-4H3. The van der Waals surface area contributed by atoms with Crippen LogP contribution in [0.2, 0.25) is 0 Å². The fourth-order valence-electron chi connectivity index (χ4n) is 1.80. The second-order valence-electron chi connectivity index (χ2n) is 5.96. The molecule has 0 aliphatic carbocycles. The smallest absolute Gasteiger partial charge is 0.0797 e. The summed E-state index contributed by atoms with van der Waals surface area (Å²) in [5, 5.41) is 3.50. The number of nitrogens with zero attached hydrogens (tertiary/aromatic N) is 1. The van der Waals surface area contributed by atoms with E-state index in [0.717, 1.165) is 38.3 Å². The molecular formula is C15H28N2OS. The molecule has 0 radical (unpaired) electrons. The fourth-order valence-corrected chi connectivity index (χ4v) is 2.56. The Balaban J connectivity index is 1.88. The highest BCUT2D eigenvalue weighted by Crippen LogP contribution is 2.12. The first-order valence-electron chi connectivity index (χ1n) is 7.21. The third-order valence-electron chi connectivity index (χ3n) is 2.94. The van der Waals surface area contributed by atoms with Crippen LogP contribution in [0.5, 0.6) is 0 Å². The zero-order valence-corrected chi connectivity index (χ0v) is 13.6. The molecule has 3 nitrogen and oxygen atoms in total. The summed E-state index contributed by atoms with van der Waals surface area (Å²) in [6.07, 6.45) is 4.63. The number of thiazole rings is 1. The molecule has 1 rings (SSSR count). The number of nitrogens with one attached hydrogen (secondary N) is 1. The van der Waals surface area contributed by atoms with E-state index in [9.17, 15) is 0 Å². The van der Waals surface area contributed by atoms with Crippen LogP contribution in [0.3, 0.4) is 0 Å². The first-order valence-corrected chi connectivity index (χ1v) is 8.09. The van der Waals surface area contributed by atoms with Crippen LogP contribution in [-0.2, 0) is 11.2 Å². The van der Waals surface area contributed by atoms with Gasteiger partial charge in [0, 0.05) is 23.4 Å². The van der Waals surface area contributed by atoms with E-state index in [4.69, 9.17) is 4.74 Å². The molecule has 4 heteroatoms. The van der Waals surface area contributed by atoms with Crippen molar-refractivity contribution in [2.24, 2.45) is 0 Å². The average Bonchev–Trinajstić information content (AvgIpc) is 2.71. The molecule has 0 amide bonds. The van der Waals surface area contributed by atoms with E-state index in [1.54, 1.807) is 11.3 Å². The molecule has 0 saturated heterocycles. The van der Waals surface area contributed by atoms with Gasteiger partial charge in [-0.3, -0.25) is 0 Å². The summed E-state index contributed by atoms with van der Waals surface area (Å²) in [4.78, 5) is 5.60. The Morgan fingerprint density at radius 1 is 1.21 bits per heavy atom. The van der Waals surface area contributed by atoms with Gasteiger partial charge in [-0.15, -0.1) is 11.3 Å². The lowest BCUT2D eigenvalue weighted by Crippen LogP contribution is -2.36. The van der Waals surface area contributed by atoms with Crippen LogP contribution in [-0.4, -0.2) is 30.3 Å². The van der Waals surface area contributed by atoms with Gasteiger partial charge < -0.3 is 10.1 Å². The number of aromatic nitrogens is 1. The molecule has 1 aromatic heterocycles. The SMILES string of the molecule is Cc1ncsc1CCOCCCCCNC(C)(C)C. The van der Waals surface area contributed by atoms with Crippen molar-refractivity contribution < 1.29 is 4.74 Å². The third kappa shape index (κ3) is 8.35. The molecule has 1 N–H and O–H groups in total. The van der Waals surface area contributed by atoms with Gasteiger partial charge in [0.1, 0.15) is 0 Å². The molecular weight excluding hydrogens is 256 g/mol. The molecule has 0 bridgehead atoms. The number of hydrogen-bond acceptors (Lipinski definition) is 4. The highest BCUT2D eigenvalue weighted by atomic mass is 32.1. The number of hydrogen-bond donors (Lipinski definition) is 1. The average molecular weight is 284 g/mol. The first-order chi connectivity index (χ1) is 8.99. The van der Waals surface area contributed by atoms with Crippen molar-refractivity contribution in [1.82, 2.24) is 10.3 Å². The number of unbranched alkanes of at least 4 members (excludes halogenated alkanes) is 2. The zero-order chi connectivity index (χ0) is 14.1. The molecule has 0 spiro atoms. The predicted molar refractivity (Wildman–Crippen MR) is 83.0 cm³/mol. The highest BCUT2D eigenvalue weighted by molar-refractivity contribution is 7.09. The number of rotatable bonds is 9. The molecule has 1 heterocycles. The van der Waals surface area contributed by atoms with Gasteiger partial charge >= 0.3 is 0 Å². The van der Waals surface area contributed by atoms with Gasteiger partial charge in [-0.25, -0.2) is 4.98 Å². The molecule has 1 aromatic rings. The van der Waals surface area contributed by atoms with Crippen molar-refractivity contribution in [2.75, 3.05) is 19.8 Å². The summed E-state index contributed by atoms with van der Waals surface area (Å²) in [5.41, 5.74) is 3.30. The lowest BCUT2D eigenvalue weighted by Gasteiger charge is -2.20. The van der Waals surface area contributed by atoms with Crippen molar-refractivity contribution in [3.8, 4) is 0 Å². The van der Waals surface area contributed by atoms with Crippen molar-refractivity contribution in [1.29, 1.82) is 0 Å². The Kier molecular flexibility index (Phi) is 7.57.